The molecule has 1 saturated heterocycles. The third kappa shape index (κ3) is 4.09. The van der Waals surface area contributed by atoms with Crippen LogP contribution < -0.4 is 4.74 Å². The van der Waals surface area contributed by atoms with Crippen LogP contribution >= 0.6 is 0 Å². The van der Waals surface area contributed by atoms with Crippen LogP contribution in [0.3, 0.4) is 0 Å². The minimum Gasteiger partial charge on any atom is -0.494 e. The average Bonchev–Trinajstić information content (AvgIpc) is 3.05. The number of nitrogens with zero attached hydrogens (tertiary/aromatic N) is 2. The summed E-state index contributed by atoms with van der Waals surface area (Å²) < 4.78 is 5.51. The number of ether oxygens (including phenoxy) is 1. The highest BCUT2D eigenvalue weighted by atomic mass is 16.5. The van der Waals surface area contributed by atoms with Crippen LogP contribution in [0.25, 0.3) is 6.08 Å². The lowest BCUT2D eigenvalue weighted by Crippen LogP contribution is -2.28. The van der Waals surface area contributed by atoms with Gasteiger partial charge in [0.15, 0.2) is 0 Å². The SMILES string of the molecule is CCCOc1ccc(/C=C(\C#N)C(=O)N2CCCC2)cc1. The van der Waals surface area contributed by atoms with E-state index in [0.717, 1.165) is 43.7 Å². The highest BCUT2D eigenvalue weighted by Crippen LogP contribution is 2.17. The van der Waals surface area contributed by atoms with Gasteiger partial charge in [0.2, 0.25) is 0 Å². The molecular weight excluding hydrogens is 264 g/mol. The highest BCUT2D eigenvalue weighted by molar-refractivity contribution is 6.01. The van der Waals surface area contributed by atoms with Gasteiger partial charge in [-0.2, -0.15) is 5.26 Å². The van der Waals surface area contributed by atoms with Crippen molar-refractivity contribution in [1.29, 1.82) is 5.26 Å². The van der Waals surface area contributed by atoms with E-state index in [9.17, 15) is 10.1 Å². The van der Waals surface area contributed by atoms with E-state index in [0.29, 0.717) is 6.61 Å². The van der Waals surface area contributed by atoms with Gasteiger partial charge in [-0.05, 0) is 43.0 Å². The smallest absolute Gasteiger partial charge is 0.264 e. The molecule has 1 fully saturated rings. The zero-order valence-electron chi connectivity index (χ0n) is 12.3. The summed E-state index contributed by atoms with van der Waals surface area (Å²) >= 11 is 0. The minimum atomic E-state index is -0.165. The van der Waals surface area contributed by atoms with Crippen LogP contribution in [0, 0.1) is 11.3 Å². The maximum absolute atomic E-state index is 12.2. The highest BCUT2D eigenvalue weighted by Gasteiger charge is 2.21. The number of nitriles is 1. The third-order valence-electron chi connectivity index (χ3n) is 3.41. The third-order valence-corrected chi connectivity index (χ3v) is 3.41. The molecule has 1 aromatic carbocycles. The van der Waals surface area contributed by atoms with Crippen LogP contribution in [0.15, 0.2) is 29.8 Å². The Labute approximate surface area is 125 Å². The van der Waals surface area contributed by atoms with Crippen molar-refractivity contribution < 1.29 is 9.53 Å². The summed E-state index contributed by atoms with van der Waals surface area (Å²) in [6.07, 6.45) is 4.65. The molecule has 110 valence electrons. The number of hydrogen-bond acceptors (Lipinski definition) is 3. The summed E-state index contributed by atoms with van der Waals surface area (Å²) in [6.45, 7) is 4.25. The predicted molar refractivity (Wildman–Crippen MR) is 81.6 cm³/mol. The van der Waals surface area contributed by atoms with E-state index in [1.807, 2.05) is 30.3 Å². The van der Waals surface area contributed by atoms with E-state index in [1.54, 1.807) is 11.0 Å². The van der Waals surface area contributed by atoms with Crippen LogP contribution in [-0.4, -0.2) is 30.5 Å². The molecule has 0 aliphatic carbocycles. The van der Waals surface area contributed by atoms with Gasteiger partial charge < -0.3 is 9.64 Å². The lowest BCUT2D eigenvalue weighted by Gasteiger charge is -2.14. The molecule has 0 aromatic heterocycles. The van der Waals surface area contributed by atoms with Crippen molar-refractivity contribution in [2.24, 2.45) is 0 Å². The normalized spacial score (nSPS) is 14.9. The fourth-order valence-corrected chi connectivity index (χ4v) is 2.28. The van der Waals surface area contributed by atoms with E-state index < -0.39 is 0 Å². The molecule has 0 saturated carbocycles. The Hall–Kier alpha value is -2.28. The maximum Gasteiger partial charge on any atom is 0.264 e. The molecule has 0 radical (unpaired) electrons. The first-order valence-corrected chi connectivity index (χ1v) is 7.38. The van der Waals surface area contributed by atoms with Gasteiger partial charge in [-0.3, -0.25) is 4.79 Å². The standard InChI is InChI=1S/C17H20N2O2/c1-2-11-21-16-7-5-14(6-8-16)12-15(13-18)17(20)19-9-3-4-10-19/h5-8,12H,2-4,9-11H2,1H3/b15-12+. The van der Waals surface area contributed by atoms with Crippen LogP contribution in [0.5, 0.6) is 5.75 Å². The van der Waals surface area contributed by atoms with Crippen molar-refractivity contribution in [1.82, 2.24) is 4.90 Å². The predicted octanol–water partition coefficient (Wildman–Crippen LogP) is 3.00. The lowest BCUT2D eigenvalue weighted by atomic mass is 10.1. The molecule has 1 heterocycles. The molecule has 21 heavy (non-hydrogen) atoms. The Morgan fingerprint density at radius 3 is 2.57 bits per heavy atom. The van der Waals surface area contributed by atoms with Crippen molar-refractivity contribution in [2.75, 3.05) is 19.7 Å². The van der Waals surface area contributed by atoms with E-state index in [1.165, 1.54) is 0 Å². The first kappa shape index (κ1) is 15.1. The number of carbonyl (C=O) groups excluding carboxylic acids is 1. The number of carbonyl (C=O) groups is 1. The van der Waals surface area contributed by atoms with Crippen molar-refractivity contribution >= 4 is 12.0 Å². The molecule has 1 aliphatic heterocycles. The van der Waals surface area contributed by atoms with Gasteiger partial charge in [-0.1, -0.05) is 19.1 Å². The van der Waals surface area contributed by atoms with Gasteiger partial charge >= 0.3 is 0 Å². The Kier molecular flexibility index (Phi) is 5.39. The van der Waals surface area contributed by atoms with Crippen molar-refractivity contribution in [3.05, 3.63) is 35.4 Å². The molecule has 2 rings (SSSR count). The Balaban J connectivity index is 2.08. The summed E-state index contributed by atoms with van der Waals surface area (Å²) in [5, 5.41) is 9.20. The monoisotopic (exact) mass is 284 g/mol. The van der Waals surface area contributed by atoms with E-state index in [2.05, 4.69) is 6.92 Å². The molecule has 1 amide bonds. The molecule has 0 unspecified atom stereocenters. The Morgan fingerprint density at radius 1 is 1.33 bits per heavy atom. The largest absolute Gasteiger partial charge is 0.494 e. The van der Waals surface area contributed by atoms with Gasteiger partial charge in [0, 0.05) is 13.1 Å². The molecule has 1 aromatic rings. The van der Waals surface area contributed by atoms with Crippen molar-refractivity contribution in [3.8, 4) is 11.8 Å². The summed E-state index contributed by atoms with van der Waals surface area (Å²) in [4.78, 5) is 13.9. The fourth-order valence-electron chi connectivity index (χ4n) is 2.28. The number of hydrogen-bond donors (Lipinski definition) is 0. The second kappa shape index (κ2) is 7.49. The van der Waals surface area contributed by atoms with Crippen LogP contribution in [0.4, 0.5) is 0 Å². The molecule has 0 spiro atoms. The van der Waals surface area contributed by atoms with Gasteiger partial charge in [-0.15, -0.1) is 0 Å². The molecule has 1 aliphatic rings. The van der Waals surface area contributed by atoms with Crippen LogP contribution in [0.1, 0.15) is 31.7 Å². The summed E-state index contributed by atoms with van der Waals surface area (Å²) in [6, 6.07) is 9.45. The number of rotatable bonds is 5. The first-order valence-electron chi connectivity index (χ1n) is 7.38. The lowest BCUT2D eigenvalue weighted by molar-refractivity contribution is -0.125. The number of benzene rings is 1. The molecule has 0 N–H and O–H groups in total. The van der Waals surface area contributed by atoms with E-state index >= 15 is 0 Å². The molecule has 4 nitrogen and oxygen atoms in total. The quantitative estimate of drug-likeness (QED) is 0.617. The molecular formula is C17H20N2O2. The Bertz CT molecular complexity index is 549. The van der Waals surface area contributed by atoms with Crippen molar-refractivity contribution in [3.63, 3.8) is 0 Å². The second-order valence-corrected chi connectivity index (χ2v) is 5.09. The molecule has 0 atom stereocenters. The maximum atomic E-state index is 12.2. The van der Waals surface area contributed by atoms with Crippen LogP contribution in [-0.2, 0) is 4.79 Å². The van der Waals surface area contributed by atoms with Gasteiger partial charge in [-0.25, -0.2) is 0 Å². The number of amides is 1. The average molecular weight is 284 g/mol. The number of likely N-dealkylation sites (tertiary alicyclic amines) is 1. The van der Waals surface area contributed by atoms with Crippen LogP contribution in [0.2, 0.25) is 0 Å². The zero-order valence-corrected chi connectivity index (χ0v) is 12.3. The van der Waals surface area contributed by atoms with Gasteiger partial charge in [0.25, 0.3) is 5.91 Å². The van der Waals surface area contributed by atoms with Crippen molar-refractivity contribution in [2.45, 2.75) is 26.2 Å². The van der Waals surface area contributed by atoms with E-state index in [4.69, 9.17) is 4.74 Å². The topological polar surface area (TPSA) is 53.3 Å². The molecule has 0 bridgehead atoms. The second-order valence-electron chi connectivity index (χ2n) is 5.09. The fraction of sp³-hybridized carbons (Fsp3) is 0.412. The van der Waals surface area contributed by atoms with Gasteiger partial charge in [0.05, 0.1) is 6.61 Å². The first-order chi connectivity index (χ1) is 10.2. The van der Waals surface area contributed by atoms with E-state index in [-0.39, 0.29) is 11.5 Å². The summed E-state index contributed by atoms with van der Waals surface area (Å²) in [5.74, 6) is 0.639. The minimum absolute atomic E-state index is 0.165. The van der Waals surface area contributed by atoms with Gasteiger partial charge in [0.1, 0.15) is 17.4 Å². The zero-order chi connectivity index (χ0) is 15.1. The molecule has 4 heteroatoms. The Morgan fingerprint density at radius 2 is 2.00 bits per heavy atom. The summed E-state index contributed by atoms with van der Waals surface area (Å²) in [7, 11) is 0. The summed E-state index contributed by atoms with van der Waals surface area (Å²) in [5.41, 5.74) is 1.03.